The second-order valence-corrected chi connectivity index (χ2v) is 5.73. The number of aryl methyl sites for hydroxylation is 1. The molecule has 0 bridgehead atoms. The molecule has 2 rings (SSSR count). The summed E-state index contributed by atoms with van der Waals surface area (Å²) >= 11 is 0. The summed E-state index contributed by atoms with van der Waals surface area (Å²) in [6, 6.07) is 5.37. The highest BCUT2D eigenvalue weighted by atomic mass is 16.4. The lowest BCUT2D eigenvalue weighted by Gasteiger charge is -2.30. The molecule has 0 atom stereocenters. The van der Waals surface area contributed by atoms with E-state index < -0.39 is 5.97 Å². The van der Waals surface area contributed by atoms with Crippen LogP contribution in [0.25, 0.3) is 6.08 Å². The number of carbonyl (C=O) groups is 2. The molecule has 0 unspecified atom stereocenters. The number of carboxylic acids is 1. The first-order chi connectivity index (χ1) is 9.97. The van der Waals surface area contributed by atoms with Crippen molar-refractivity contribution in [3.63, 3.8) is 0 Å². The van der Waals surface area contributed by atoms with Gasteiger partial charge in [0.15, 0.2) is 0 Å². The number of benzene rings is 1. The first-order valence-electron chi connectivity index (χ1n) is 7.24. The van der Waals surface area contributed by atoms with Crippen molar-refractivity contribution in [1.82, 2.24) is 4.90 Å². The molecule has 1 aliphatic carbocycles. The highest BCUT2D eigenvalue weighted by Gasteiger charge is 2.22. The summed E-state index contributed by atoms with van der Waals surface area (Å²) in [6.45, 7) is 2.70. The fourth-order valence-electron chi connectivity index (χ4n) is 2.52. The summed E-state index contributed by atoms with van der Waals surface area (Å²) in [6.07, 6.45) is 6.36. The summed E-state index contributed by atoms with van der Waals surface area (Å²) in [7, 11) is 1.84. The molecule has 1 N–H and O–H groups in total. The maximum absolute atomic E-state index is 12.4. The van der Waals surface area contributed by atoms with Crippen LogP contribution in [0.15, 0.2) is 24.3 Å². The van der Waals surface area contributed by atoms with Gasteiger partial charge in [0.2, 0.25) is 0 Å². The van der Waals surface area contributed by atoms with Crippen molar-refractivity contribution in [3.05, 3.63) is 41.0 Å². The van der Waals surface area contributed by atoms with E-state index in [1.165, 1.54) is 19.3 Å². The van der Waals surface area contributed by atoms with Crippen LogP contribution in [0.4, 0.5) is 0 Å². The number of aliphatic carboxylic acids is 1. The zero-order chi connectivity index (χ0) is 15.4. The zero-order valence-corrected chi connectivity index (χ0v) is 12.5. The van der Waals surface area contributed by atoms with E-state index in [1.54, 1.807) is 23.1 Å². The van der Waals surface area contributed by atoms with Gasteiger partial charge < -0.3 is 10.0 Å². The summed E-state index contributed by atoms with van der Waals surface area (Å²) in [4.78, 5) is 24.7. The van der Waals surface area contributed by atoms with Crippen molar-refractivity contribution >= 4 is 18.0 Å². The van der Waals surface area contributed by atoms with Crippen LogP contribution in [0.1, 0.15) is 40.7 Å². The van der Waals surface area contributed by atoms with Gasteiger partial charge in [-0.1, -0.05) is 12.5 Å². The SMILES string of the molecule is Cc1cc(C(=O)N(C)CC2CCC2)ccc1/C=C/C(=O)O. The molecule has 1 saturated carbocycles. The van der Waals surface area contributed by atoms with E-state index in [4.69, 9.17) is 5.11 Å². The van der Waals surface area contributed by atoms with Crippen LogP contribution in [0.2, 0.25) is 0 Å². The third-order valence-corrected chi connectivity index (χ3v) is 4.03. The summed E-state index contributed by atoms with van der Waals surface area (Å²) in [5, 5.41) is 8.65. The third kappa shape index (κ3) is 3.94. The lowest BCUT2D eigenvalue weighted by Crippen LogP contribution is -2.34. The molecule has 1 aromatic rings. The van der Waals surface area contributed by atoms with Gasteiger partial charge >= 0.3 is 5.97 Å². The van der Waals surface area contributed by atoms with Crippen molar-refractivity contribution in [2.75, 3.05) is 13.6 Å². The average Bonchev–Trinajstić information content (AvgIpc) is 2.40. The van der Waals surface area contributed by atoms with Gasteiger partial charge in [0.05, 0.1) is 0 Å². The Hall–Kier alpha value is -2.10. The number of hydrogen-bond acceptors (Lipinski definition) is 2. The third-order valence-electron chi connectivity index (χ3n) is 4.03. The number of nitrogens with zero attached hydrogens (tertiary/aromatic N) is 1. The second-order valence-electron chi connectivity index (χ2n) is 5.73. The quantitative estimate of drug-likeness (QED) is 0.847. The maximum atomic E-state index is 12.4. The average molecular weight is 287 g/mol. The van der Waals surface area contributed by atoms with Crippen LogP contribution in [0.3, 0.4) is 0 Å². The molecule has 0 heterocycles. The normalized spacial score (nSPS) is 15.0. The van der Waals surface area contributed by atoms with Crippen molar-refractivity contribution in [2.24, 2.45) is 5.92 Å². The Bertz CT molecular complexity index is 573. The Morgan fingerprint density at radius 2 is 2.10 bits per heavy atom. The molecule has 1 aromatic carbocycles. The van der Waals surface area contributed by atoms with Gasteiger partial charge in [0.25, 0.3) is 5.91 Å². The van der Waals surface area contributed by atoms with E-state index >= 15 is 0 Å². The van der Waals surface area contributed by atoms with E-state index in [9.17, 15) is 9.59 Å². The lowest BCUT2D eigenvalue weighted by molar-refractivity contribution is -0.131. The van der Waals surface area contributed by atoms with Crippen LogP contribution in [0, 0.1) is 12.8 Å². The Labute approximate surface area is 125 Å². The highest BCUT2D eigenvalue weighted by Crippen LogP contribution is 2.27. The minimum atomic E-state index is -0.977. The zero-order valence-electron chi connectivity index (χ0n) is 12.5. The number of carbonyl (C=O) groups excluding carboxylic acids is 1. The molecule has 0 spiro atoms. The van der Waals surface area contributed by atoms with E-state index in [-0.39, 0.29) is 5.91 Å². The van der Waals surface area contributed by atoms with E-state index in [0.29, 0.717) is 11.5 Å². The molecule has 0 aromatic heterocycles. The topological polar surface area (TPSA) is 57.6 Å². The highest BCUT2D eigenvalue weighted by molar-refractivity contribution is 5.94. The summed E-state index contributed by atoms with van der Waals surface area (Å²) in [5.74, 6) is -0.300. The van der Waals surface area contributed by atoms with Gasteiger partial charge in [-0.15, -0.1) is 0 Å². The van der Waals surface area contributed by atoms with Gasteiger partial charge in [-0.05, 0) is 55.0 Å². The first kappa shape index (κ1) is 15.3. The van der Waals surface area contributed by atoms with Crippen LogP contribution < -0.4 is 0 Å². The molecule has 21 heavy (non-hydrogen) atoms. The smallest absolute Gasteiger partial charge is 0.328 e. The standard InChI is InChI=1S/C17H21NO3/c1-12-10-15(7-6-14(12)8-9-16(19)20)17(21)18(2)11-13-4-3-5-13/h6-10,13H,3-5,11H2,1-2H3,(H,19,20)/b9-8+. The molecule has 0 saturated heterocycles. The van der Waals surface area contributed by atoms with Gasteiger partial charge in [-0.25, -0.2) is 4.79 Å². The predicted octanol–water partition coefficient (Wildman–Crippen LogP) is 2.96. The van der Waals surface area contributed by atoms with E-state index in [0.717, 1.165) is 23.7 Å². The molecule has 1 aliphatic rings. The fourth-order valence-corrected chi connectivity index (χ4v) is 2.52. The molecular weight excluding hydrogens is 266 g/mol. The van der Waals surface area contributed by atoms with Crippen molar-refractivity contribution in [2.45, 2.75) is 26.2 Å². The fraction of sp³-hybridized carbons (Fsp3) is 0.412. The van der Waals surface area contributed by atoms with Crippen molar-refractivity contribution in [3.8, 4) is 0 Å². The molecule has 0 aliphatic heterocycles. The van der Waals surface area contributed by atoms with Crippen LogP contribution in [0.5, 0.6) is 0 Å². The van der Waals surface area contributed by atoms with Crippen LogP contribution in [-0.4, -0.2) is 35.5 Å². The molecule has 1 fully saturated rings. The van der Waals surface area contributed by atoms with Gasteiger partial charge in [-0.3, -0.25) is 4.79 Å². The lowest BCUT2D eigenvalue weighted by atomic mass is 9.85. The van der Waals surface area contributed by atoms with Crippen LogP contribution >= 0.6 is 0 Å². The Kier molecular flexibility index (Phi) is 4.78. The summed E-state index contributed by atoms with van der Waals surface area (Å²) in [5.41, 5.74) is 2.37. The largest absolute Gasteiger partial charge is 0.478 e. The molecule has 1 amide bonds. The number of carboxylic acid groups (broad SMARTS) is 1. The Balaban J connectivity index is 2.07. The molecular formula is C17H21NO3. The van der Waals surface area contributed by atoms with E-state index in [2.05, 4.69) is 0 Å². The van der Waals surface area contributed by atoms with Crippen molar-refractivity contribution < 1.29 is 14.7 Å². The number of rotatable bonds is 5. The number of amides is 1. The van der Waals surface area contributed by atoms with Crippen molar-refractivity contribution in [1.29, 1.82) is 0 Å². The molecule has 4 nitrogen and oxygen atoms in total. The second kappa shape index (κ2) is 6.57. The number of hydrogen-bond donors (Lipinski definition) is 1. The van der Waals surface area contributed by atoms with Gasteiger partial charge in [0, 0.05) is 25.2 Å². The van der Waals surface area contributed by atoms with Crippen LogP contribution in [-0.2, 0) is 4.79 Å². The predicted molar refractivity (Wildman–Crippen MR) is 82.2 cm³/mol. The monoisotopic (exact) mass is 287 g/mol. The van der Waals surface area contributed by atoms with Gasteiger partial charge in [0.1, 0.15) is 0 Å². The first-order valence-corrected chi connectivity index (χ1v) is 7.24. The van der Waals surface area contributed by atoms with E-state index in [1.807, 2.05) is 20.0 Å². The maximum Gasteiger partial charge on any atom is 0.328 e. The Morgan fingerprint density at radius 1 is 1.38 bits per heavy atom. The Morgan fingerprint density at radius 3 is 2.62 bits per heavy atom. The van der Waals surface area contributed by atoms with Gasteiger partial charge in [-0.2, -0.15) is 0 Å². The minimum absolute atomic E-state index is 0.0266. The molecule has 112 valence electrons. The molecule has 4 heteroatoms. The summed E-state index contributed by atoms with van der Waals surface area (Å²) < 4.78 is 0. The minimum Gasteiger partial charge on any atom is -0.478 e. The molecule has 0 radical (unpaired) electrons.